The third kappa shape index (κ3) is 2.55. The maximum absolute atomic E-state index is 12.6. The topological polar surface area (TPSA) is 57.6 Å². The highest BCUT2D eigenvalue weighted by molar-refractivity contribution is 5.82. The number of hydrogen-bond acceptors (Lipinski definition) is 2. The lowest BCUT2D eigenvalue weighted by Gasteiger charge is -2.23. The fourth-order valence-corrected chi connectivity index (χ4v) is 4.08. The number of hydrogen-bond donors (Lipinski definition) is 1. The first kappa shape index (κ1) is 14.1. The summed E-state index contributed by atoms with van der Waals surface area (Å²) in [5.74, 6) is -1.05. The fraction of sp³-hybridized carbons (Fsp3) is 0.529. The number of benzene rings is 1. The maximum Gasteiger partial charge on any atom is 0.308 e. The molecular weight excluding hydrogens is 266 g/mol. The SMILES string of the molecule is Cc1cc(C)cc(CC(=O)N2C3CCC2C(C(=O)O)C3)c1. The molecule has 2 heterocycles. The molecule has 1 aromatic carbocycles. The highest BCUT2D eigenvalue weighted by atomic mass is 16.4. The molecule has 2 aliphatic rings. The van der Waals surface area contributed by atoms with E-state index in [0.717, 1.165) is 29.5 Å². The molecule has 0 aromatic heterocycles. The molecule has 21 heavy (non-hydrogen) atoms. The number of amides is 1. The standard InChI is InChI=1S/C17H21NO3/c1-10-5-11(2)7-12(6-10)8-16(19)18-13-3-4-15(18)14(9-13)17(20)21/h5-7,13-15H,3-4,8-9H2,1-2H3,(H,20,21). The number of carbonyl (C=O) groups excluding carboxylic acids is 1. The van der Waals surface area contributed by atoms with Crippen LogP contribution in [0.4, 0.5) is 0 Å². The average molecular weight is 287 g/mol. The smallest absolute Gasteiger partial charge is 0.308 e. The predicted octanol–water partition coefficient (Wildman–Crippen LogP) is 2.31. The van der Waals surface area contributed by atoms with Crippen LogP contribution < -0.4 is 0 Å². The summed E-state index contributed by atoms with van der Waals surface area (Å²) in [4.78, 5) is 25.7. The van der Waals surface area contributed by atoms with Gasteiger partial charge in [-0.3, -0.25) is 9.59 Å². The first-order chi connectivity index (χ1) is 9.95. The summed E-state index contributed by atoms with van der Waals surface area (Å²) in [6, 6.07) is 6.21. The van der Waals surface area contributed by atoms with Gasteiger partial charge in [0.25, 0.3) is 0 Å². The summed E-state index contributed by atoms with van der Waals surface area (Å²) >= 11 is 0. The minimum absolute atomic E-state index is 0.0799. The Morgan fingerprint density at radius 3 is 2.43 bits per heavy atom. The monoisotopic (exact) mass is 287 g/mol. The molecule has 1 amide bonds. The van der Waals surface area contributed by atoms with Gasteiger partial charge in [-0.2, -0.15) is 0 Å². The van der Waals surface area contributed by atoms with Crippen LogP contribution in [0.5, 0.6) is 0 Å². The van der Waals surface area contributed by atoms with Crippen LogP contribution in [0, 0.1) is 19.8 Å². The van der Waals surface area contributed by atoms with Gasteiger partial charge >= 0.3 is 5.97 Å². The summed E-state index contributed by atoms with van der Waals surface area (Å²) < 4.78 is 0. The molecule has 0 saturated carbocycles. The van der Waals surface area contributed by atoms with Gasteiger partial charge in [0.2, 0.25) is 5.91 Å². The summed E-state index contributed by atoms with van der Waals surface area (Å²) in [6.07, 6.45) is 2.79. The quantitative estimate of drug-likeness (QED) is 0.928. The molecular formula is C17H21NO3. The zero-order valence-corrected chi connectivity index (χ0v) is 12.5. The van der Waals surface area contributed by atoms with Gasteiger partial charge in [-0.25, -0.2) is 0 Å². The van der Waals surface area contributed by atoms with Gasteiger partial charge in [0.15, 0.2) is 0 Å². The van der Waals surface area contributed by atoms with Crippen molar-refractivity contribution in [2.45, 2.75) is 51.6 Å². The second-order valence-corrected chi connectivity index (χ2v) is 6.45. The van der Waals surface area contributed by atoms with Crippen LogP contribution in [0.3, 0.4) is 0 Å². The lowest BCUT2D eigenvalue weighted by atomic mass is 9.89. The summed E-state index contributed by atoms with van der Waals surface area (Å²) in [6.45, 7) is 4.06. The van der Waals surface area contributed by atoms with Crippen molar-refractivity contribution < 1.29 is 14.7 Å². The highest BCUT2D eigenvalue weighted by Gasteiger charge is 2.50. The number of rotatable bonds is 3. The van der Waals surface area contributed by atoms with Gasteiger partial charge in [-0.15, -0.1) is 0 Å². The van der Waals surface area contributed by atoms with Crippen molar-refractivity contribution in [3.05, 3.63) is 34.9 Å². The van der Waals surface area contributed by atoms with E-state index in [0.29, 0.717) is 12.8 Å². The Balaban J connectivity index is 1.76. The fourth-order valence-electron chi connectivity index (χ4n) is 4.08. The number of aliphatic carboxylic acids is 1. The lowest BCUT2D eigenvalue weighted by molar-refractivity contribution is -0.143. The predicted molar refractivity (Wildman–Crippen MR) is 79.0 cm³/mol. The Kier molecular flexibility index (Phi) is 3.47. The third-order valence-corrected chi connectivity index (χ3v) is 4.78. The van der Waals surface area contributed by atoms with Gasteiger partial charge in [0.05, 0.1) is 12.3 Å². The van der Waals surface area contributed by atoms with Crippen LogP contribution in [0.25, 0.3) is 0 Å². The number of carboxylic acid groups (broad SMARTS) is 1. The van der Waals surface area contributed by atoms with Crippen molar-refractivity contribution in [1.82, 2.24) is 4.90 Å². The Labute approximate surface area is 124 Å². The van der Waals surface area contributed by atoms with Crippen LogP contribution in [0.15, 0.2) is 18.2 Å². The van der Waals surface area contributed by atoms with Crippen LogP contribution in [-0.4, -0.2) is 34.0 Å². The molecule has 0 radical (unpaired) electrons. The van der Waals surface area contributed by atoms with E-state index in [9.17, 15) is 14.7 Å². The van der Waals surface area contributed by atoms with Crippen LogP contribution >= 0.6 is 0 Å². The second-order valence-electron chi connectivity index (χ2n) is 6.45. The summed E-state index contributed by atoms with van der Waals surface area (Å²) in [5, 5.41) is 9.26. The number of fused-ring (bicyclic) bond motifs is 2. The minimum Gasteiger partial charge on any atom is -0.481 e. The van der Waals surface area contributed by atoms with E-state index >= 15 is 0 Å². The van der Waals surface area contributed by atoms with E-state index in [1.807, 2.05) is 30.9 Å². The first-order valence-corrected chi connectivity index (χ1v) is 7.57. The average Bonchev–Trinajstić information content (AvgIpc) is 2.94. The normalized spacial score (nSPS) is 27.1. The third-order valence-electron chi connectivity index (χ3n) is 4.78. The molecule has 3 unspecified atom stereocenters. The zero-order valence-electron chi connectivity index (χ0n) is 12.5. The first-order valence-electron chi connectivity index (χ1n) is 7.57. The van der Waals surface area contributed by atoms with Crippen molar-refractivity contribution in [2.24, 2.45) is 5.92 Å². The molecule has 112 valence electrons. The van der Waals surface area contributed by atoms with Crippen LogP contribution in [0.2, 0.25) is 0 Å². The number of carboxylic acids is 1. The van der Waals surface area contributed by atoms with Gasteiger partial charge in [-0.05, 0) is 38.7 Å². The molecule has 0 aliphatic carbocycles. The number of nitrogens with zero attached hydrogens (tertiary/aromatic N) is 1. The van der Waals surface area contributed by atoms with Crippen molar-refractivity contribution in [2.75, 3.05) is 0 Å². The van der Waals surface area contributed by atoms with Gasteiger partial charge in [0, 0.05) is 12.1 Å². The molecule has 4 nitrogen and oxygen atoms in total. The van der Waals surface area contributed by atoms with E-state index in [4.69, 9.17) is 0 Å². The van der Waals surface area contributed by atoms with E-state index in [1.54, 1.807) is 0 Å². The van der Waals surface area contributed by atoms with Crippen molar-refractivity contribution in [3.8, 4) is 0 Å². The summed E-state index contributed by atoms with van der Waals surface area (Å²) in [5.41, 5.74) is 3.34. The second kappa shape index (κ2) is 5.17. The number of carbonyl (C=O) groups is 2. The Hall–Kier alpha value is -1.84. The van der Waals surface area contributed by atoms with Crippen molar-refractivity contribution in [1.29, 1.82) is 0 Å². The minimum atomic E-state index is -0.758. The van der Waals surface area contributed by atoms with Gasteiger partial charge in [0.1, 0.15) is 0 Å². The molecule has 3 rings (SSSR count). The van der Waals surface area contributed by atoms with Crippen LogP contribution in [0.1, 0.15) is 36.0 Å². The molecule has 4 heteroatoms. The molecule has 2 fully saturated rings. The van der Waals surface area contributed by atoms with Gasteiger partial charge in [-0.1, -0.05) is 29.3 Å². The van der Waals surface area contributed by atoms with E-state index in [1.165, 1.54) is 0 Å². The van der Waals surface area contributed by atoms with Crippen molar-refractivity contribution >= 4 is 11.9 Å². The number of aryl methyl sites for hydroxylation is 2. The Bertz CT molecular complexity index is 575. The molecule has 1 aromatic rings. The largest absolute Gasteiger partial charge is 0.481 e. The molecule has 2 saturated heterocycles. The summed E-state index contributed by atoms with van der Waals surface area (Å²) in [7, 11) is 0. The van der Waals surface area contributed by atoms with E-state index < -0.39 is 5.97 Å². The van der Waals surface area contributed by atoms with Crippen LogP contribution in [-0.2, 0) is 16.0 Å². The maximum atomic E-state index is 12.6. The van der Waals surface area contributed by atoms with E-state index in [2.05, 4.69) is 6.07 Å². The lowest BCUT2D eigenvalue weighted by Crippen LogP contribution is -2.38. The highest BCUT2D eigenvalue weighted by Crippen LogP contribution is 2.42. The molecule has 2 bridgehead atoms. The Morgan fingerprint density at radius 1 is 1.19 bits per heavy atom. The molecule has 0 spiro atoms. The van der Waals surface area contributed by atoms with Gasteiger partial charge < -0.3 is 10.0 Å². The zero-order chi connectivity index (χ0) is 15.1. The van der Waals surface area contributed by atoms with E-state index in [-0.39, 0.29) is 23.9 Å². The molecule has 2 aliphatic heterocycles. The molecule has 3 atom stereocenters. The molecule has 1 N–H and O–H groups in total. The Morgan fingerprint density at radius 2 is 1.86 bits per heavy atom. The van der Waals surface area contributed by atoms with Crippen molar-refractivity contribution in [3.63, 3.8) is 0 Å².